The number of nitriles is 1. The predicted molar refractivity (Wildman–Crippen MR) is 72.3 cm³/mol. The number of halogens is 1. The highest BCUT2D eigenvalue weighted by atomic mass is 35.5. The molecule has 0 radical (unpaired) electrons. The smallest absolute Gasteiger partial charge is 0.271 e. The molecule has 1 amide bonds. The molecule has 104 valence electrons. The standard InChI is InChI=1S/C13H12ClN3O3/c14-11-5-10(6-12(7-11)17(19)20)13(18)16-3-1-9(8-15)2-4-16/h5-7,9H,1-4H2. The number of hydrogen-bond acceptors (Lipinski definition) is 4. The van der Waals surface area contributed by atoms with Gasteiger partial charge in [0, 0.05) is 41.7 Å². The van der Waals surface area contributed by atoms with Crippen molar-refractivity contribution in [3.05, 3.63) is 38.9 Å². The minimum Gasteiger partial charge on any atom is -0.339 e. The maximum Gasteiger partial charge on any atom is 0.271 e. The zero-order valence-corrected chi connectivity index (χ0v) is 11.3. The maximum atomic E-state index is 12.3. The van der Waals surface area contributed by atoms with E-state index in [9.17, 15) is 14.9 Å². The third-order valence-electron chi connectivity index (χ3n) is 3.31. The molecule has 0 spiro atoms. The fraction of sp³-hybridized carbons (Fsp3) is 0.385. The van der Waals surface area contributed by atoms with Crippen molar-refractivity contribution in [1.29, 1.82) is 5.26 Å². The molecule has 0 saturated carbocycles. The quantitative estimate of drug-likeness (QED) is 0.619. The van der Waals surface area contributed by atoms with Crippen molar-refractivity contribution in [2.45, 2.75) is 12.8 Å². The van der Waals surface area contributed by atoms with Gasteiger partial charge in [0.25, 0.3) is 11.6 Å². The molecule has 20 heavy (non-hydrogen) atoms. The topological polar surface area (TPSA) is 87.2 Å². The molecule has 1 aliphatic heterocycles. The summed E-state index contributed by atoms with van der Waals surface area (Å²) < 4.78 is 0. The van der Waals surface area contributed by atoms with Gasteiger partial charge in [0.05, 0.1) is 11.0 Å². The Balaban J connectivity index is 2.18. The lowest BCUT2D eigenvalue weighted by Gasteiger charge is -2.29. The van der Waals surface area contributed by atoms with Crippen LogP contribution in [0.25, 0.3) is 0 Å². The number of piperidine rings is 1. The van der Waals surface area contributed by atoms with Gasteiger partial charge in [-0.3, -0.25) is 14.9 Å². The van der Waals surface area contributed by atoms with Gasteiger partial charge in [0.15, 0.2) is 0 Å². The number of carbonyl (C=O) groups is 1. The molecule has 2 rings (SSSR count). The van der Waals surface area contributed by atoms with E-state index in [1.165, 1.54) is 18.2 Å². The van der Waals surface area contributed by atoms with Crippen molar-refractivity contribution in [2.24, 2.45) is 5.92 Å². The van der Waals surface area contributed by atoms with Gasteiger partial charge in [0.1, 0.15) is 0 Å². The summed E-state index contributed by atoms with van der Waals surface area (Å²) in [4.78, 5) is 24.1. The van der Waals surface area contributed by atoms with Crippen molar-refractivity contribution < 1.29 is 9.72 Å². The largest absolute Gasteiger partial charge is 0.339 e. The summed E-state index contributed by atoms with van der Waals surface area (Å²) in [7, 11) is 0. The number of nitro groups is 1. The minimum atomic E-state index is -0.579. The average Bonchev–Trinajstić information content (AvgIpc) is 2.46. The van der Waals surface area contributed by atoms with Crippen LogP contribution in [0.5, 0.6) is 0 Å². The second-order valence-electron chi connectivity index (χ2n) is 4.65. The highest BCUT2D eigenvalue weighted by molar-refractivity contribution is 6.31. The molecule has 0 aromatic heterocycles. The van der Waals surface area contributed by atoms with E-state index in [0.29, 0.717) is 25.9 Å². The summed E-state index contributed by atoms with van der Waals surface area (Å²) in [6.45, 7) is 0.967. The van der Waals surface area contributed by atoms with Crippen molar-refractivity contribution in [3.63, 3.8) is 0 Å². The summed E-state index contributed by atoms with van der Waals surface area (Å²) in [5.74, 6) is -0.306. The fourth-order valence-corrected chi connectivity index (χ4v) is 2.43. The Labute approximate surface area is 120 Å². The first-order valence-electron chi connectivity index (χ1n) is 6.15. The molecular formula is C13H12ClN3O3. The first-order valence-corrected chi connectivity index (χ1v) is 6.53. The van der Waals surface area contributed by atoms with Gasteiger partial charge in [-0.15, -0.1) is 0 Å². The molecule has 7 heteroatoms. The van der Waals surface area contributed by atoms with E-state index >= 15 is 0 Å². The lowest BCUT2D eigenvalue weighted by atomic mass is 9.98. The van der Waals surface area contributed by atoms with Crippen molar-refractivity contribution in [1.82, 2.24) is 4.90 Å². The van der Waals surface area contributed by atoms with Crippen molar-refractivity contribution in [3.8, 4) is 6.07 Å². The van der Waals surface area contributed by atoms with Crippen LogP contribution in [0, 0.1) is 27.4 Å². The Kier molecular flexibility index (Phi) is 4.20. The van der Waals surface area contributed by atoms with Crippen LogP contribution >= 0.6 is 11.6 Å². The molecule has 0 unspecified atom stereocenters. The number of non-ortho nitro benzene ring substituents is 1. The lowest BCUT2D eigenvalue weighted by Crippen LogP contribution is -2.38. The molecule has 1 aromatic carbocycles. The maximum absolute atomic E-state index is 12.3. The monoisotopic (exact) mass is 293 g/mol. The first-order chi connectivity index (χ1) is 9.51. The van der Waals surface area contributed by atoms with Crippen LogP contribution in [0.4, 0.5) is 5.69 Å². The number of rotatable bonds is 2. The zero-order chi connectivity index (χ0) is 14.7. The Morgan fingerprint density at radius 1 is 1.40 bits per heavy atom. The Hall–Kier alpha value is -2.13. The van der Waals surface area contributed by atoms with E-state index in [1.54, 1.807) is 4.90 Å². The Morgan fingerprint density at radius 3 is 2.60 bits per heavy atom. The van der Waals surface area contributed by atoms with Crippen LogP contribution in [-0.4, -0.2) is 28.8 Å². The lowest BCUT2D eigenvalue weighted by molar-refractivity contribution is -0.384. The summed E-state index contributed by atoms with van der Waals surface area (Å²) in [5.41, 5.74) is 0.00682. The van der Waals surface area contributed by atoms with Gasteiger partial charge < -0.3 is 4.90 Å². The Morgan fingerprint density at radius 2 is 2.05 bits per heavy atom. The van der Waals surface area contributed by atoms with E-state index in [1.807, 2.05) is 0 Å². The van der Waals surface area contributed by atoms with Crippen LogP contribution in [0.2, 0.25) is 5.02 Å². The van der Waals surface area contributed by atoms with E-state index in [4.69, 9.17) is 16.9 Å². The number of carbonyl (C=O) groups excluding carboxylic acids is 1. The van der Waals surface area contributed by atoms with Gasteiger partial charge in [-0.25, -0.2) is 0 Å². The van der Waals surface area contributed by atoms with E-state index < -0.39 is 4.92 Å². The number of nitrogens with zero attached hydrogens (tertiary/aromatic N) is 3. The molecule has 6 nitrogen and oxygen atoms in total. The predicted octanol–water partition coefficient (Wildman–Crippen LogP) is 2.62. The molecule has 1 aliphatic rings. The third-order valence-corrected chi connectivity index (χ3v) is 3.52. The molecule has 1 saturated heterocycles. The van der Waals surface area contributed by atoms with E-state index in [0.717, 1.165) is 0 Å². The van der Waals surface area contributed by atoms with Gasteiger partial charge in [0.2, 0.25) is 0 Å². The molecule has 1 aromatic rings. The average molecular weight is 294 g/mol. The van der Waals surface area contributed by atoms with Gasteiger partial charge >= 0.3 is 0 Å². The molecule has 1 heterocycles. The number of benzene rings is 1. The van der Waals surface area contributed by atoms with Gasteiger partial charge in [-0.05, 0) is 18.9 Å². The second kappa shape index (κ2) is 5.88. The van der Waals surface area contributed by atoms with Crippen molar-refractivity contribution >= 4 is 23.2 Å². The summed E-state index contributed by atoms with van der Waals surface area (Å²) in [6.07, 6.45) is 1.26. The van der Waals surface area contributed by atoms with Gasteiger partial charge in [-0.1, -0.05) is 11.6 Å². The molecule has 0 aliphatic carbocycles. The summed E-state index contributed by atoms with van der Waals surface area (Å²) in [5, 5.41) is 19.8. The molecular weight excluding hydrogens is 282 g/mol. The Bertz CT molecular complexity index is 589. The summed E-state index contributed by atoms with van der Waals surface area (Å²) >= 11 is 5.80. The SMILES string of the molecule is N#CC1CCN(C(=O)c2cc(Cl)cc([N+](=O)[O-])c2)CC1. The van der Waals surface area contributed by atoms with Crippen LogP contribution in [0.3, 0.4) is 0 Å². The normalized spacial score (nSPS) is 15.7. The first kappa shape index (κ1) is 14.3. The van der Waals surface area contributed by atoms with Crippen molar-refractivity contribution in [2.75, 3.05) is 13.1 Å². The molecule has 0 N–H and O–H groups in total. The second-order valence-corrected chi connectivity index (χ2v) is 5.09. The highest BCUT2D eigenvalue weighted by Crippen LogP contribution is 2.24. The number of amides is 1. The third kappa shape index (κ3) is 3.06. The molecule has 0 bridgehead atoms. The summed E-state index contributed by atoms with van der Waals surface area (Å²) in [6, 6.07) is 6.05. The number of hydrogen-bond donors (Lipinski definition) is 0. The van der Waals surface area contributed by atoms with E-state index in [-0.39, 0.29) is 28.1 Å². The molecule has 1 fully saturated rings. The van der Waals surface area contributed by atoms with Gasteiger partial charge in [-0.2, -0.15) is 5.26 Å². The molecule has 0 atom stereocenters. The van der Waals surface area contributed by atoms with Crippen LogP contribution in [0.15, 0.2) is 18.2 Å². The van der Waals surface area contributed by atoms with Crippen LogP contribution in [0.1, 0.15) is 23.2 Å². The minimum absolute atomic E-state index is 0.0206. The van der Waals surface area contributed by atoms with E-state index in [2.05, 4.69) is 6.07 Å². The van der Waals surface area contributed by atoms with Crippen LogP contribution < -0.4 is 0 Å². The van der Waals surface area contributed by atoms with Crippen LogP contribution in [-0.2, 0) is 0 Å². The zero-order valence-electron chi connectivity index (χ0n) is 10.6. The highest BCUT2D eigenvalue weighted by Gasteiger charge is 2.24. The number of likely N-dealkylation sites (tertiary alicyclic amines) is 1. The fourth-order valence-electron chi connectivity index (χ4n) is 2.20. The number of nitro benzene ring substituents is 1.